The van der Waals surface area contributed by atoms with Crippen molar-refractivity contribution >= 4 is 17.3 Å². The Balaban J connectivity index is 1.37. The fraction of sp³-hybridized carbons (Fsp3) is 0.360. The molecule has 1 saturated carbocycles. The van der Waals surface area contributed by atoms with E-state index in [0.717, 1.165) is 36.1 Å². The molecule has 2 aliphatic rings. The van der Waals surface area contributed by atoms with Gasteiger partial charge in [0.15, 0.2) is 0 Å². The summed E-state index contributed by atoms with van der Waals surface area (Å²) in [5.74, 6) is 7.17. The molecule has 1 heterocycles. The number of hydrazine groups is 1. The number of rotatable bonds is 8. The number of anilines is 1. The van der Waals surface area contributed by atoms with Crippen LogP contribution in [-0.2, 0) is 11.2 Å². The zero-order valence-corrected chi connectivity index (χ0v) is 18.7. The van der Waals surface area contributed by atoms with Crippen molar-refractivity contribution in [2.45, 2.75) is 43.8 Å². The Bertz CT molecular complexity index is 1060. The van der Waals surface area contributed by atoms with Crippen molar-refractivity contribution in [3.63, 3.8) is 0 Å². The highest BCUT2D eigenvalue weighted by atomic mass is 16.5. The average Bonchev–Trinajstić information content (AvgIpc) is 3.48. The van der Waals surface area contributed by atoms with Crippen LogP contribution in [0.15, 0.2) is 54.7 Å². The first kappa shape index (κ1) is 22.6. The fourth-order valence-corrected chi connectivity index (χ4v) is 4.76. The van der Waals surface area contributed by atoms with E-state index in [1.54, 1.807) is 13.3 Å². The molecule has 0 radical (unpaired) electrons. The number of piperidine rings is 1. The number of nitrogens with two attached hydrogens (primary N) is 2. The molecular formula is C25H30N6O2. The van der Waals surface area contributed by atoms with Crippen LogP contribution in [0.25, 0.3) is 5.70 Å². The maximum atomic E-state index is 12.6. The van der Waals surface area contributed by atoms with Crippen LogP contribution in [0.3, 0.4) is 0 Å². The smallest absolute Gasteiger partial charge is 0.238 e. The van der Waals surface area contributed by atoms with Crippen LogP contribution in [0.4, 0.5) is 5.69 Å². The summed E-state index contributed by atoms with van der Waals surface area (Å²) in [5, 5.41) is 17.3. The van der Waals surface area contributed by atoms with Crippen LogP contribution in [0.5, 0.6) is 5.75 Å². The van der Waals surface area contributed by atoms with Gasteiger partial charge >= 0.3 is 0 Å². The van der Waals surface area contributed by atoms with Gasteiger partial charge in [0, 0.05) is 24.2 Å². The molecule has 1 aliphatic heterocycles. The molecule has 4 rings (SSSR count). The van der Waals surface area contributed by atoms with Gasteiger partial charge in [0.05, 0.1) is 30.6 Å². The number of nitriles is 1. The van der Waals surface area contributed by atoms with Crippen molar-refractivity contribution in [3.8, 4) is 11.8 Å². The van der Waals surface area contributed by atoms with Crippen molar-refractivity contribution in [3.05, 3.63) is 65.9 Å². The van der Waals surface area contributed by atoms with Crippen LogP contribution in [-0.4, -0.2) is 31.1 Å². The second kappa shape index (κ2) is 9.94. The summed E-state index contributed by atoms with van der Waals surface area (Å²) in [4.78, 5) is 12.6. The van der Waals surface area contributed by atoms with Gasteiger partial charge in [-0.15, -0.1) is 0 Å². The van der Waals surface area contributed by atoms with Crippen molar-refractivity contribution in [2.24, 2.45) is 17.5 Å². The van der Waals surface area contributed by atoms with Crippen molar-refractivity contribution < 1.29 is 9.53 Å². The van der Waals surface area contributed by atoms with Gasteiger partial charge in [-0.05, 0) is 55.0 Å². The van der Waals surface area contributed by atoms with Crippen LogP contribution >= 0.6 is 0 Å². The zero-order chi connectivity index (χ0) is 23.4. The van der Waals surface area contributed by atoms with E-state index >= 15 is 0 Å². The van der Waals surface area contributed by atoms with Crippen LogP contribution in [0, 0.1) is 17.2 Å². The Morgan fingerprint density at radius 1 is 1.30 bits per heavy atom. The molecule has 8 nitrogen and oxygen atoms in total. The number of para-hydroxylation sites is 1. The lowest BCUT2D eigenvalue weighted by molar-refractivity contribution is -0.124. The molecule has 1 aliphatic carbocycles. The van der Waals surface area contributed by atoms with E-state index in [1.165, 1.54) is 5.01 Å². The SMILES string of the molecule is COc1ccccc1/C(N)=C/N(N)c1ccc(C[C@@H](C#N)NC(=O)[C@H]2N[C@@H]3CC[C@H]2C3)cc1. The van der Waals surface area contributed by atoms with Crippen LogP contribution < -0.4 is 32.0 Å². The van der Waals surface area contributed by atoms with Gasteiger partial charge in [-0.2, -0.15) is 5.26 Å². The Morgan fingerprint density at radius 2 is 2.06 bits per heavy atom. The summed E-state index contributed by atoms with van der Waals surface area (Å²) in [6, 6.07) is 16.9. The summed E-state index contributed by atoms with van der Waals surface area (Å²) >= 11 is 0. The fourth-order valence-electron chi connectivity index (χ4n) is 4.76. The number of amides is 1. The second-order valence-electron chi connectivity index (χ2n) is 8.67. The van der Waals surface area contributed by atoms with Gasteiger partial charge in [-0.3, -0.25) is 9.80 Å². The van der Waals surface area contributed by atoms with E-state index in [9.17, 15) is 10.1 Å². The molecule has 0 spiro atoms. The van der Waals surface area contributed by atoms with E-state index in [-0.39, 0.29) is 11.9 Å². The van der Waals surface area contributed by atoms with E-state index in [1.807, 2.05) is 48.5 Å². The van der Waals surface area contributed by atoms with Crippen LogP contribution in [0.2, 0.25) is 0 Å². The summed E-state index contributed by atoms with van der Waals surface area (Å²) in [5.41, 5.74) is 9.12. The van der Waals surface area contributed by atoms with Gasteiger partial charge < -0.3 is 21.1 Å². The normalized spacial score (nSPS) is 22.5. The van der Waals surface area contributed by atoms with Crippen LogP contribution in [0.1, 0.15) is 30.4 Å². The van der Waals surface area contributed by atoms with Gasteiger partial charge in [0.25, 0.3) is 0 Å². The summed E-state index contributed by atoms with van der Waals surface area (Å²) in [6.07, 6.45) is 5.34. The molecule has 2 fully saturated rings. The third-order valence-electron chi connectivity index (χ3n) is 6.49. The molecule has 172 valence electrons. The molecule has 33 heavy (non-hydrogen) atoms. The van der Waals surface area contributed by atoms with E-state index < -0.39 is 6.04 Å². The minimum absolute atomic E-state index is 0.0737. The number of ether oxygens (including phenoxy) is 1. The standard InChI is InChI=1S/C25H30N6O2/c1-33-23-5-3-2-4-21(23)22(27)15-31(28)20-10-6-16(7-11-20)12-19(14-26)30-25(32)24-17-8-9-18(13-17)29-24/h2-7,10-11,15,17-19,24,29H,8-9,12-13,27-28H2,1H3,(H,30,32)/b22-15-/t17-,18+,19-,24-/m0/s1. The molecule has 4 atom stereocenters. The highest BCUT2D eigenvalue weighted by Crippen LogP contribution is 2.35. The number of benzene rings is 2. The lowest BCUT2D eigenvalue weighted by atomic mass is 9.98. The van der Waals surface area contributed by atoms with Gasteiger partial charge in [-0.1, -0.05) is 24.3 Å². The Hall–Kier alpha value is -3.54. The van der Waals surface area contributed by atoms with Crippen molar-refractivity contribution in [2.75, 3.05) is 12.1 Å². The first-order valence-electron chi connectivity index (χ1n) is 11.2. The van der Waals surface area contributed by atoms with Crippen molar-refractivity contribution in [1.82, 2.24) is 10.6 Å². The van der Waals surface area contributed by atoms with E-state index in [4.69, 9.17) is 16.3 Å². The topological polar surface area (TPSA) is 129 Å². The molecule has 0 aromatic heterocycles. The minimum atomic E-state index is -0.584. The summed E-state index contributed by atoms with van der Waals surface area (Å²) in [6.45, 7) is 0. The number of hydrogen-bond donors (Lipinski definition) is 4. The van der Waals surface area contributed by atoms with E-state index in [2.05, 4.69) is 16.7 Å². The lowest BCUT2D eigenvalue weighted by Gasteiger charge is -2.23. The predicted molar refractivity (Wildman–Crippen MR) is 128 cm³/mol. The first-order chi connectivity index (χ1) is 16.0. The van der Waals surface area contributed by atoms with Gasteiger partial charge in [-0.25, -0.2) is 5.84 Å². The third-order valence-corrected chi connectivity index (χ3v) is 6.49. The highest BCUT2D eigenvalue weighted by molar-refractivity contribution is 5.83. The van der Waals surface area contributed by atoms with Crippen molar-refractivity contribution in [1.29, 1.82) is 5.26 Å². The molecule has 1 amide bonds. The average molecular weight is 447 g/mol. The Kier molecular flexibility index (Phi) is 6.82. The molecule has 8 heteroatoms. The lowest BCUT2D eigenvalue weighted by Crippen LogP contribution is -2.50. The Morgan fingerprint density at radius 3 is 2.70 bits per heavy atom. The monoisotopic (exact) mass is 446 g/mol. The number of nitrogens with zero attached hydrogens (tertiary/aromatic N) is 2. The molecule has 6 N–H and O–H groups in total. The third kappa shape index (κ3) is 5.11. The highest BCUT2D eigenvalue weighted by Gasteiger charge is 2.43. The quantitative estimate of drug-likeness (QED) is 0.361. The zero-order valence-electron chi connectivity index (χ0n) is 18.7. The molecule has 0 unspecified atom stereocenters. The predicted octanol–water partition coefficient (Wildman–Crippen LogP) is 2.02. The summed E-state index contributed by atoms with van der Waals surface area (Å²) in [7, 11) is 1.59. The molecule has 1 saturated heterocycles. The number of carbonyl (C=O) groups is 1. The first-order valence-corrected chi connectivity index (χ1v) is 11.2. The maximum Gasteiger partial charge on any atom is 0.238 e. The van der Waals surface area contributed by atoms with Gasteiger partial charge in [0.1, 0.15) is 11.8 Å². The number of nitrogens with one attached hydrogen (secondary N) is 2. The van der Waals surface area contributed by atoms with Gasteiger partial charge in [0.2, 0.25) is 5.91 Å². The largest absolute Gasteiger partial charge is 0.496 e. The maximum absolute atomic E-state index is 12.6. The minimum Gasteiger partial charge on any atom is -0.496 e. The number of fused-ring (bicyclic) bond motifs is 2. The number of methoxy groups -OCH3 is 1. The second-order valence-corrected chi connectivity index (χ2v) is 8.67. The summed E-state index contributed by atoms with van der Waals surface area (Å²) < 4.78 is 5.35. The molecule has 2 aromatic rings. The number of hydrogen-bond acceptors (Lipinski definition) is 7. The molecule has 2 aromatic carbocycles. The Labute approximate surface area is 194 Å². The molecule has 2 bridgehead atoms. The molecular weight excluding hydrogens is 416 g/mol. The number of carbonyl (C=O) groups excluding carboxylic acids is 1. The van der Waals surface area contributed by atoms with E-state index in [0.29, 0.717) is 29.8 Å².